The van der Waals surface area contributed by atoms with Crippen LogP contribution in [-0.4, -0.2) is 39.5 Å². The van der Waals surface area contributed by atoms with Gasteiger partial charge in [-0.25, -0.2) is 0 Å². The molecule has 0 amide bonds. The number of rotatable bonds is 3. The van der Waals surface area contributed by atoms with Gasteiger partial charge in [0.1, 0.15) is 0 Å². The van der Waals surface area contributed by atoms with E-state index in [0.29, 0.717) is 0 Å². The first-order valence-electron chi connectivity index (χ1n) is 6.38. The summed E-state index contributed by atoms with van der Waals surface area (Å²) in [4.78, 5) is 5.85. The van der Waals surface area contributed by atoms with Gasteiger partial charge in [0.15, 0.2) is 0 Å². The molecule has 0 aliphatic carbocycles. The van der Waals surface area contributed by atoms with E-state index in [-0.39, 0.29) is 23.7 Å². The summed E-state index contributed by atoms with van der Waals surface area (Å²) in [5.74, 6) is 0. The summed E-state index contributed by atoms with van der Waals surface area (Å²) in [6.07, 6.45) is 2.01. The van der Waals surface area contributed by atoms with Crippen molar-refractivity contribution in [1.29, 1.82) is 0 Å². The SMILES string of the molecule is CC(C)(O)CON1C(C)(C)CCC(N)C1(C)C. The minimum absolute atomic E-state index is 0.0510. The molecule has 0 radical (unpaired) electrons. The van der Waals surface area contributed by atoms with Crippen LogP contribution in [-0.2, 0) is 4.84 Å². The number of hydroxylamine groups is 2. The molecule has 0 aromatic heterocycles. The topological polar surface area (TPSA) is 58.7 Å². The highest BCUT2D eigenvalue weighted by Gasteiger charge is 2.47. The fourth-order valence-electron chi connectivity index (χ4n) is 2.46. The average molecular weight is 244 g/mol. The van der Waals surface area contributed by atoms with E-state index in [2.05, 4.69) is 27.7 Å². The van der Waals surface area contributed by atoms with Crippen molar-refractivity contribution >= 4 is 0 Å². The van der Waals surface area contributed by atoms with Crippen molar-refractivity contribution in [2.45, 2.75) is 77.1 Å². The normalized spacial score (nSPS) is 29.3. The van der Waals surface area contributed by atoms with Gasteiger partial charge in [-0.3, -0.25) is 4.84 Å². The Kier molecular flexibility index (Phi) is 3.94. The highest BCUT2D eigenvalue weighted by Crippen LogP contribution is 2.37. The third-order valence-corrected chi connectivity index (χ3v) is 3.59. The maximum atomic E-state index is 9.77. The molecule has 102 valence electrons. The number of hydrogen-bond acceptors (Lipinski definition) is 4. The summed E-state index contributed by atoms with van der Waals surface area (Å²) in [6, 6.07) is 0.0948. The van der Waals surface area contributed by atoms with E-state index >= 15 is 0 Å². The molecular formula is C13H28N2O2. The maximum Gasteiger partial charge on any atom is 0.0967 e. The summed E-state index contributed by atoms with van der Waals surface area (Å²) >= 11 is 0. The van der Waals surface area contributed by atoms with Gasteiger partial charge in [-0.05, 0) is 54.4 Å². The highest BCUT2D eigenvalue weighted by molar-refractivity contribution is 5.00. The Balaban J connectivity index is 2.82. The van der Waals surface area contributed by atoms with Gasteiger partial charge in [0.05, 0.1) is 17.7 Å². The molecule has 1 heterocycles. The van der Waals surface area contributed by atoms with E-state index in [1.54, 1.807) is 13.8 Å². The molecule has 1 rings (SSSR count). The lowest BCUT2D eigenvalue weighted by molar-refractivity contribution is -0.299. The van der Waals surface area contributed by atoms with Crippen LogP contribution in [0.2, 0.25) is 0 Å². The van der Waals surface area contributed by atoms with Gasteiger partial charge >= 0.3 is 0 Å². The molecule has 0 aromatic carbocycles. The van der Waals surface area contributed by atoms with Crippen molar-refractivity contribution in [3.63, 3.8) is 0 Å². The molecule has 1 saturated heterocycles. The predicted octanol–water partition coefficient (Wildman–Crippen LogP) is 1.67. The van der Waals surface area contributed by atoms with Crippen molar-refractivity contribution in [2.24, 2.45) is 5.73 Å². The zero-order valence-corrected chi connectivity index (χ0v) is 12.1. The molecule has 1 fully saturated rings. The molecular weight excluding hydrogens is 216 g/mol. The Hall–Kier alpha value is -0.160. The van der Waals surface area contributed by atoms with Crippen LogP contribution < -0.4 is 5.73 Å². The average Bonchev–Trinajstić information content (AvgIpc) is 2.09. The van der Waals surface area contributed by atoms with E-state index in [9.17, 15) is 5.11 Å². The fourth-order valence-corrected chi connectivity index (χ4v) is 2.46. The number of hydrogen-bond donors (Lipinski definition) is 2. The summed E-state index contributed by atoms with van der Waals surface area (Å²) < 4.78 is 0. The molecule has 17 heavy (non-hydrogen) atoms. The van der Waals surface area contributed by atoms with Crippen LogP contribution in [0.15, 0.2) is 0 Å². The Bertz CT molecular complexity index is 269. The standard InChI is InChI=1S/C13H28N2O2/c1-11(2)8-7-10(14)13(5,6)15(11)17-9-12(3,4)16/h10,16H,7-9,14H2,1-6H3. The van der Waals surface area contributed by atoms with E-state index in [1.165, 1.54) is 0 Å². The highest BCUT2D eigenvalue weighted by atomic mass is 16.7. The first-order chi connectivity index (χ1) is 7.47. The maximum absolute atomic E-state index is 9.77. The number of piperidine rings is 1. The first kappa shape index (κ1) is 14.9. The van der Waals surface area contributed by atoms with Crippen LogP contribution in [0.5, 0.6) is 0 Å². The molecule has 1 atom stereocenters. The monoisotopic (exact) mass is 244 g/mol. The predicted molar refractivity (Wildman–Crippen MR) is 69.5 cm³/mol. The van der Waals surface area contributed by atoms with Gasteiger partial charge in [0.2, 0.25) is 0 Å². The smallest absolute Gasteiger partial charge is 0.0967 e. The van der Waals surface area contributed by atoms with Crippen molar-refractivity contribution in [2.75, 3.05) is 6.61 Å². The lowest BCUT2D eigenvalue weighted by Crippen LogP contribution is -2.67. The van der Waals surface area contributed by atoms with Crippen molar-refractivity contribution < 1.29 is 9.94 Å². The number of nitrogens with two attached hydrogens (primary N) is 1. The van der Waals surface area contributed by atoms with Gasteiger partial charge in [0.25, 0.3) is 0 Å². The second-order valence-electron chi connectivity index (χ2n) is 6.99. The molecule has 1 aliphatic rings. The summed E-state index contributed by atoms with van der Waals surface area (Å²) in [5.41, 5.74) is 5.09. The second kappa shape index (κ2) is 4.50. The largest absolute Gasteiger partial charge is 0.388 e. The van der Waals surface area contributed by atoms with Crippen LogP contribution in [0.25, 0.3) is 0 Å². The Labute approximate surface area is 105 Å². The summed E-state index contributed by atoms with van der Waals surface area (Å²) in [5, 5.41) is 11.8. The van der Waals surface area contributed by atoms with E-state index in [1.807, 2.05) is 5.06 Å². The lowest BCUT2D eigenvalue weighted by atomic mass is 9.79. The molecule has 0 spiro atoms. The molecule has 4 heteroatoms. The number of aliphatic hydroxyl groups is 1. The molecule has 0 aromatic rings. The van der Waals surface area contributed by atoms with Crippen LogP contribution in [0, 0.1) is 0 Å². The zero-order valence-electron chi connectivity index (χ0n) is 12.1. The second-order valence-corrected chi connectivity index (χ2v) is 6.99. The molecule has 1 unspecified atom stereocenters. The van der Waals surface area contributed by atoms with Gasteiger partial charge in [-0.1, -0.05) is 0 Å². The fraction of sp³-hybridized carbons (Fsp3) is 1.00. The van der Waals surface area contributed by atoms with Crippen LogP contribution in [0.1, 0.15) is 54.4 Å². The number of nitrogens with zero attached hydrogens (tertiary/aromatic N) is 1. The minimum Gasteiger partial charge on any atom is -0.388 e. The Morgan fingerprint density at radius 1 is 1.35 bits per heavy atom. The lowest BCUT2D eigenvalue weighted by Gasteiger charge is -2.54. The van der Waals surface area contributed by atoms with Gasteiger partial charge in [-0.15, -0.1) is 0 Å². The van der Waals surface area contributed by atoms with Crippen LogP contribution >= 0.6 is 0 Å². The van der Waals surface area contributed by atoms with E-state index < -0.39 is 5.60 Å². The Morgan fingerprint density at radius 2 is 1.88 bits per heavy atom. The quantitative estimate of drug-likeness (QED) is 0.793. The molecule has 4 nitrogen and oxygen atoms in total. The third kappa shape index (κ3) is 3.41. The molecule has 0 saturated carbocycles. The van der Waals surface area contributed by atoms with Gasteiger partial charge < -0.3 is 10.8 Å². The molecule has 3 N–H and O–H groups in total. The first-order valence-corrected chi connectivity index (χ1v) is 6.38. The third-order valence-electron chi connectivity index (χ3n) is 3.59. The zero-order chi connectivity index (χ0) is 13.5. The van der Waals surface area contributed by atoms with E-state index in [0.717, 1.165) is 12.8 Å². The van der Waals surface area contributed by atoms with Crippen molar-refractivity contribution in [3.8, 4) is 0 Å². The van der Waals surface area contributed by atoms with Gasteiger partial charge in [-0.2, -0.15) is 5.06 Å². The van der Waals surface area contributed by atoms with Gasteiger partial charge in [0, 0.05) is 11.6 Å². The van der Waals surface area contributed by atoms with E-state index in [4.69, 9.17) is 10.6 Å². The van der Waals surface area contributed by atoms with Crippen molar-refractivity contribution in [1.82, 2.24) is 5.06 Å². The molecule has 0 bridgehead atoms. The van der Waals surface area contributed by atoms with Crippen LogP contribution in [0.4, 0.5) is 0 Å². The summed E-state index contributed by atoms with van der Waals surface area (Å²) in [7, 11) is 0. The van der Waals surface area contributed by atoms with Crippen molar-refractivity contribution in [3.05, 3.63) is 0 Å². The van der Waals surface area contributed by atoms with Crippen LogP contribution in [0.3, 0.4) is 0 Å². The molecule has 1 aliphatic heterocycles. The minimum atomic E-state index is -0.826. The Morgan fingerprint density at radius 3 is 2.35 bits per heavy atom. The summed E-state index contributed by atoms with van der Waals surface area (Å²) in [6.45, 7) is 12.3.